The Balaban J connectivity index is 1.49. The highest BCUT2D eigenvalue weighted by Crippen LogP contribution is 2.49. The second-order valence-electron chi connectivity index (χ2n) is 6.99. The van der Waals surface area contributed by atoms with Gasteiger partial charge in [-0.25, -0.2) is 4.79 Å². The van der Waals surface area contributed by atoms with Crippen LogP contribution in [0.15, 0.2) is 18.2 Å². The molecule has 0 bridgehead atoms. The standard InChI is InChI=1S/C17H20Cl2N2O3/c1-17(15(22)23)4-5-21(9-17)16(24)20-8-10-6-13(10)12-3-2-11(18)7-14(12)19/h2-3,7,10,13H,4-6,8-9H2,1H3,(H,20,24)(H,22,23)/t10-,13+,17?/m0/s1. The molecule has 24 heavy (non-hydrogen) atoms. The quantitative estimate of drug-likeness (QED) is 0.850. The van der Waals surface area contributed by atoms with E-state index in [0.717, 1.165) is 12.0 Å². The minimum absolute atomic E-state index is 0.187. The first-order valence-electron chi connectivity index (χ1n) is 8.01. The summed E-state index contributed by atoms with van der Waals surface area (Å²) in [5.74, 6) is -0.142. The number of rotatable bonds is 4. The molecule has 1 aliphatic heterocycles. The van der Waals surface area contributed by atoms with E-state index < -0.39 is 11.4 Å². The Bertz CT molecular complexity index is 682. The first-order valence-corrected chi connectivity index (χ1v) is 8.77. The summed E-state index contributed by atoms with van der Waals surface area (Å²) in [6, 6.07) is 5.32. The van der Waals surface area contributed by atoms with E-state index in [4.69, 9.17) is 23.2 Å². The molecule has 0 aromatic heterocycles. The van der Waals surface area contributed by atoms with Crippen molar-refractivity contribution in [2.45, 2.75) is 25.7 Å². The molecule has 0 radical (unpaired) electrons. The van der Waals surface area contributed by atoms with Crippen molar-refractivity contribution < 1.29 is 14.7 Å². The highest BCUT2D eigenvalue weighted by atomic mass is 35.5. The van der Waals surface area contributed by atoms with Crippen LogP contribution >= 0.6 is 23.2 Å². The molecule has 130 valence electrons. The number of hydrogen-bond donors (Lipinski definition) is 2. The van der Waals surface area contributed by atoms with Crippen LogP contribution in [0.3, 0.4) is 0 Å². The molecule has 2 N–H and O–H groups in total. The van der Waals surface area contributed by atoms with Crippen LogP contribution in [0.1, 0.15) is 31.2 Å². The Hall–Kier alpha value is -1.46. The van der Waals surface area contributed by atoms with E-state index in [1.54, 1.807) is 17.9 Å². The van der Waals surface area contributed by atoms with Crippen LogP contribution in [0.5, 0.6) is 0 Å². The molecule has 1 aromatic rings. The lowest BCUT2D eigenvalue weighted by molar-refractivity contribution is -0.146. The van der Waals surface area contributed by atoms with Crippen molar-refractivity contribution in [3.63, 3.8) is 0 Å². The van der Waals surface area contributed by atoms with Crippen LogP contribution in [0.25, 0.3) is 0 Å². The van der Waals surface area contributed by atoms with E-state index in [1.807, 2.05) is 12.1 Å². The smallest absolute Gasteiger partial charge is 0.317 e. The Kier molecular flexibility index (Phi) is 4.67. The lowest BCUT2D eigenvalue weighted by Gasteiger charge is -2.20. The third-order valence-electron chi connectivity index (χ3n) is 5.08. The topological polar surface area (TPSA) is 69.6 Å². The fourth-order valence-electron chi connectivity index (χ4n) is 3.30. The van der Waals surface area contributed by atoms with Gasteiger partial charge in [-0.15, -0.1) is 0 Å². The van der Waals surface area contributed by atoms with Gasteiger partial charge in [0.15, 0.2) is 0 Å². The number of nitrogens with zero attached hydrogens (tertiary/aromatic N) is 1. The number of aliphatic carboxylic acids is 1. The van der Waals surface area contributed by atoms with Gasteiger partial charge in [0.1, 0.15) is 0 Å². The molecule has 1 saturated heterocycles. The molecule has 1 aromatic carbocycles. The Labute approximate surface area is 150 Å². The molecule has 1 heterocycles. The van der Waals surface area contributed by atoms with E-state index in [9.17, 15) is 14.7 Å². The molecule has 3 atom stereocenters. The lowest BCUT2D eigenvalue weighted by Crippen LogP contribution is -2.41. The first kappa shape index (κ1) is 17.4. The summed E-state index contributed by atoms with van der Waals surface area (Å²) in [6.45, 7) is 2.99. The Morgan fingerprint density at radius 3 is 2.79 bits per heavy atom. The minimum atomic E-state index is -0.850. The maximum atomic E-state index is 12.2. The summed E-state index contributed by atoms with van der Waals surface area (Å²) in [6.07, 6.45) is 1.47. The zero-order valence-corrected chi connectivity index (χ0v) is 14.9. The maximum Gasteiger partial charge on any atom is 0.317 e. The van der Waals surface area contributed by atoms with E-state index in [1.165, 1.54) is 0 Å². The van der Waals surface area contributed by atoms with Crippen molar-refractivity contribution in [2.24, 2.45) is 11.3 Å². The average molecular weight is 371 g/mol. The van der Waals surface area contributed by atoms with Crippen LogP contribution in [0, 0.1) is 11.3 Å². The van der Waals surface area contributed by atoms with E-state index >= 15 is 0 Å². The highest BCUT2D eigenvalue weighted by Gasteiger charge is 2.43. The summed E-state index contributed by atoms with van der Waals surface area (Å²) in [4.78, 5) is 25.0. The maximum absolute atomic E-state index is 12.2. The van der Waals surface area contributed by atoms with Gasteiger partial charge in [-0.2, -0.15) is 0 Å². The summed E-state index contributed by atoms with van der Waals surface area (Å²) in [5.41, 5.74) is 0.232. The largest absolute Gasteiger partial charge is 0.481 e. The van der Waals surface area contributed by atoms with Gasteiger partial charge < -0.3 is 15.3 Å². The fourth-order valence-corrected chi connectivity index (χ4v) is 3.84. The lowest BCUT2D eigenvalue weighted by atomic mass is 9.90. The van der Waals surface area contributed by atoms with Gasteiger partial charge in [-0.3, -0.25) is 4.79 Å². The second-order valence-corrected chi connectivity index (χ2v) is 7.84. The number of amides is 2. The molecule has 7 heteroatoms. The summed E-state index contributed by atoms with van der Waals surface area (Å²) < 4.78 is 0. The number of urea groups is 1. The van der Waals surface area contributed by atoms with Gasteiger partial charge in [0.05, 0.1) is 5.41 Å². The third-order valence-corrected chi connectivity index (χ3v) is 5.64. The number of benzene rings is 1. The van der Waals surface area contributed by atoms with Crippen molar-refractivity contribution in [3.05, 3.63) is 33.8 Å². The van der Waals surface area contributed by atoms with Crippen LogP contribution < -0.4 is 5.32 Å². The van der Waals surface area contributed by atoms with Crippen molar-refractivity contribution in [2.75, 3.05) is 19.6 Å². The molecule has 1 saturated carbocycles. The Morgan fingerprint density at radius 2 is 2.17 bits per heavy atom. The molecule has 1 aliphatic carbocycles. The molecule has 2 aliphatic rings. The predicted octanol–water partition coefficient (Wildman–Crippen LogP) is 3.60. The van der Waals surface area contributed by atoms with E-state index in [2.05, 4.69) is 5.32 Å². The summed E-state index contributed by atoms with van der Waals surface area (Å²) >= 11 is 12.1. The van der Waals surface area contributed by atoms with Gasteiger partial charge in [0, 0.05) is 29.7 Å². The summed E-state index contributed by atoms with van der Waals surface area (Å²) in [5, 5.41) is 13.4. The third kappa shape index (κ3) is 3.47. The first-order chi connectivity index (χ1) is 11.3. The summed E-state index contributed by atoms with van der Waals surface area (Å²) in [7, 11) is 0. The van der Waals surface area contributed by atoms with Crippen LogP contribution in [0.4, 0.5) is 4.79 Å². The van der Waals surface area contributed by atoms with Gasteiger partial charge >= 0.3 is 12.0 Å². The SMILES string of the molecule is CC1(C(=O)O)CCN(C(=O)NC[C@@H]2C[C@H]2c2ccc(Cl)cc2Cl)C1. The molecule has 0 spiro atoms. The Morgan fingerprint density at radius 1 is 1.42 bits per heavy atom. The molecule has 2 fully saturated rings. The van der Waals surface area contributed by atoms with Crippen molar-refractivity contribution in [1.82, 2.24) is 10.2 Å². The van der Waals surface area contributed by atoms with Crippen molar-refractivity contribution in [1.29, 1.82) is 0 Å². The minimum Gasteiger partial charge on any atom is -0.481 e. The van der Waals surface area contributed by atoms with Crippen LogP contribution in [-0.2, 0) is 4.79 Å². The average Bonchev–Trinajstić information content (AvgIpc) is 3.16. The number of likely N-dealkylation sites (tertiary alicyclic amines) is 1. The van der Waals surface area contributed by atoms with E-state index in [-0.39, 0.29) is 12.6 Å². The molecule has 3 rings (SSSR count). The zero-order valence-electron chi connectivity index (χ0n) is 13.4. The number of carboxylic acid groups (broad SMARTS) is 1. The van der Waals surface area contributed by atoms with Gasteiger partial charge in [0.25, 0.3) is 0 Å². The number of nitrogens with one attached hydrogen (secondary N) is 1. The number of hydrogen-bond acceptors (Lipinski definition) is 2. The molecule has 5 nitrogen and oxygen atoms in total. The van der Waals surface area contributed by atoms with Crippen LogP contribution in [0.2, 0.25) is 10.0 Å². The fraction of sp³-hybridized carbons (Fsp3) is 0.529. The second kappa shape index (κ2) is 6.45. The molecular formula is C17H20Cl2N2O3. The highest BCUT2D eigenvalue weighted by molar-refractivity contribution is 6.35. The monoisotopic (exact) mass is 370 g/mol. The van der Waals surface area contributed by atoms with Gasteiger partial charge in [0.2, 0.25) is 0 Å². The normalized spacial score (nSPS) is 28.7. The van der Waals surface area contributed by atoms with Gasteiger partial charge in [-0.1, -0.05) is 29.3 Å². The predicted molar refractivity (Wildman–Crippen MR) is 92.6 cm³/mol. The molecule has 1 unspecified atom stereocenters. The number of carbonyl (C=O) groups excluding carboxylic acids is 1. The van der Waals surface area contributed by atoms with Gasteiger partial charge in [-0.05, 0) is 49.3 Å². The molecular weight excluding hydrogens is 351 g/mol. The van der Waals surface area contributed by atoms with Crippen molar-refractivity contribution in [3.8, 4) is 0 Å². The van der Waals surface area contributed by atoms with Crippen molar-refractivity contribution >= 4 is 35.2 Å². The number of carbonyl (C=O) groups is 2. The number of carboxylic acids is 1. The molecule has 2 amide bonds. The van der Waals surface area contributed by atoms with E-state index in [0.29, 0.717) is 41.4 Å². The number of halogens is 2. The zero-order chi connectivity index (χ0) is 17.5. The van der Waals surface area contributed by atoms with Crippen LogP contribution in [-0.4, -0.2) is 41.6 Å².